The molecular formula is C23H28N6O2. The molecule has 0 bridgehead atoms. The van der Waals surface area contributed by atoms with Crippen molar-refractivity contribution >= 4 is 22.6 Å². The Balaban J connectivity index is 1.25. The Morgan fingerprint density at radius 2 is 2.06 bits per heavy atom. The zero-order valence-electron chi connectivity index (χ0n) is 17.8. The average molecular weight is 421 g/mol. The van der Waals surface area contributed by atoms with Crippen molar-refractivity contribution in [3.63, 3.8) is 0 Å². The number of benzene rings is 1. The molecule has 0 radical (unpaired) electrons. The lowest BCUT2D eigenvalue weighted by Gasteiger charge is -2.43. The molecular weight excluding hydrogens is 392 g/mol. The molecule has 0 spiro atoms. The van der Waals surface area contributed by atoms with E-state index >= 15 is 0 Å². The number of oxazole rings is 1. The number of aromatic nitrogens is 3. The SMILES string of the molecule is C[C@@H]1CC(C(=O)Nc2cc3cc(-c4cnco4)ccc3nn2)CCN1C1CCNCC1. The third-order valence-corrected chi connectivity index (χ3v) is 6.63. The van der Waals surface area contributed by atoms with Crippen LogP contribution < -0.4 is 10.6 Å². The molecule has 2 saturated heterocycles. The lowest BCUT2D eigenvalue weighted by atomic mass is 9.88. The zero-order chi connectivity index (χ0) is 21.2. The van der Waals surface area contributed by atoms with Crippen LogP contribution in [0.4, 0.5) is 5.82 Å². The topological polar surface area (TPSA) is 96.2 Å². The van der Waals surface area contributed by atoms with Crippen molar-refractivity contribution in [2.45, 2.75) is 44.7 Å². The van der Waals surface area contributed by atoms with Crippen LogP contribution in [0.25, 0.3) is 22.2 Å². The highest BCUT2D eigenvalue weighted by Crippen LogP contribution is 2.29. The van der Waals surface area contributed by atoms with Gasteiger partial charge in [-0.1, -0.05) is 0 Å². The number of likely N-dealkylation sites (tertiary alicyclic amines) is 1. The number of carbonyl (C=O) groups is 1. The maximum absolute atomic E-state index is 13.0. The van der Waals surface area contributed by atoms with E-state index < -0.39 is 0 Å². The van der Waals surface area contributed by atoms with Gasteiger partial charge in [0.25, 0.3) is 0 Å². The van der Waals surface area contributed by atoms with Gasteiger partial charge in [0.05, 0.1) is 11.7 Å². The van der Waals surface area contributed by atoms with Crippen LogP contribution in [0.15, 0.2) is 41.3 Å². The Bertz CT molecular complexity index is 1050. The van der Waals surface area contributed by atoms with Crippen molar-refractivity contribution in [1.29, 1.82) is 0 Å². The van der Waals surface area contributed by atoms with Crippen LogP contribution >= 0.6 is 0 Å². The maximum Gasteiger partial charge on any atom is 0.228 e. The summed E-state index contributed by atoms with van der Waals surface area (Å²) in [5.41, 5.74) is 1.68. The Morgan fingerprint density at radius 1 is 1.19 bits per heavy atom. The van der Waals surface area contributed by atoms with Gasteiger partial charge in [0.1, 0.15) is 0 Å². The molecule has 2 N–H and O–H groups in total. The molecule has 31 heavy (non-hydrogen) atoms. The summed E-state index contributed by atoms with van der Waals surface area (Å²) in [6.45, 7) is 5.42. The van der Waals surface area contributed by atoms with E-state index in [0.29, 0.717) is 23.7 Å². The van der Waals surface area contributed by atoms with E-state index in [1.54, 1.807) is 6.20 Å². The molecule has 2 aliphatic rings. The average Bonchev–Trinajstić information content (AvgIpc) is 3.34. The highest BCUT2D eigenvalue weighted by atomic mass is 16.3. The second-order valence-electron chi connectivity index (χ2n) is 8.65. The van der Waals surface area contributed by atoms with Crippen LogP contribution in [0.5, 0.6) is 0 Å². The van der Waals surface area contributed by atoms with Crippen LogP contribution in [0.3, 0.4) is 0 Å². The van der Waals surface area contributed by atoms with Crippen molar-refractivity contribution in [3.05, 3.63) is 36.9 Å². The highest BCUT2D eigenvalue weighted by Gasteiger charge is 2.34. The minimum absolute atomic E-state index is 0.00555. The van der Waals surface area contributed by atoms with Crippen LogP contribution in [-0.4, -0.2) is 57.7 Å². The van der Waals surface area contributed by atoms with Gasteiger partial charge >= 0.3 is 0 Å². The summed E-state index contributed by atoms with van der Waals surface area (Å²) in [7, 11) is 0. The van der Waals surface area contributed by atoms with Gasteiger partial charge in [0.15, 0.2) is 18.0 Å². The smallest absolute Gasteiger partial charge is 0.228 e. The number of nitrogens with one attached hydrogen (secondary N) is 2. The van der Waals surface area contributed by atoms with Crippen LogP contribution in [0.2, 0.25) is 0 Å². The summed E-state index contributed by atoms with van der Waals surface area (Å²) in [4.78, 5) is 19.5. The van der Waals surface area contributed by atoms with Gasteiger partial charge in [-0.05, 0) is 76.5 Å². The van der Waals surface area contributed by atoms with Crippen molar-refractivity contribution in [3.8, 4) is 11.3 Å². The predicted octanol–water partition coefficient (Wildman–Crippen LogP) is 3.08. The quantitative estimate of drug-likeness (QED) is 0.670. The molecule has 1 amide bonds. The van der Waals surface area contributed by atoms with E-state index in [-0.39, 0.29) is 11.8 Å². The van der Waals surface area contributed by atoms with Gasteiger partial charge in [-0.3, -0.25) is 9.69 Å². The molecule has 4 heterocycles. The molecule has 8 heteroatoms. The molecule has 1 unspecified atom stereocenters. The van der Waals surface area contributed by atoms with E-state index in [0.717, 1.165) is 48.9 Å². The minimum atomic E-state index is 0.00555. The molecule has 2 fully saturated rings. The van der Waals surface area contributed by atoms with Gasteiger partial charge < -0.3 is 15.1 Å². The summed E-state index contributed by atoms with van der Waals surface area (Å²) in [6.07, 6.45) is 7.25. The number of carbonyl (C=O) groups excluding carboxylic acids is 1. The third-order valence-electron chi connectivity index (χ3n) is 6.63. The molecule has 162 valence electrons. The lowest BCUT2D eigenvalue weighted by Crippen LogP contribution is -2.51. The van der Waals surface area contributed by atoms with Gasteiger partial charge in [-0.2, -0.15) is 0 Å². The molecule has 1 aromatic carbocycles. The summed E-state index contributed by atoms with van der Waals surface area (Å²) >= 11 is 0. The second-order valence-corrected chi connectivity index (χ2v) is 8.65. The Kier molecular flexibility index (Phi) is 5.65. The molecule has 5 rings (SSSR count). The van der Waals surface area contributed by atoms with Gasteiger partial charge in [0.2, 0.25) is 5.91 Å². The van der Waals surface area contributed by atoms with E-state index in [1.165, 1.54) is 19.2 Å². The fourth-order valence-corrected chi connectivity index (χ4v) is 4.96. The maximum atomic E-state index is 13.0. The molecule has 8 nitrogen and oxygen atoms in total. The fraction of sp³-hybridized carbons (Fsp3) is 0.478. The fourth-order valence-electron chi connectivity index (χ4n) is 4.96. The third kappa shape index (κ3) is 4.31. The number of nitrogens with zero attached hydrogens (tertiary/aromatic N) is 4. The van der Waals surface area contributed by atoms with E-state index in [1.807, 2.05) is 24.3 Å². The van der Waals surface area contributed by atoms with Crippen molar-refractivity contribution in [1.82, 2.24) is 25.4 Å². The number of piperidine rings is 2. The van der Waals surface area contributed by atoms with Crippen LogP contribution in [0.1, 0.15) is 32.6 Å². The molecule has 0 saturated carbocycles. The molecule has 0 aliphatic carbocycles. The van der Waals surface area contributed by atoms with E-state index in [2.05, 4.69) is 37.6 Å². The minimum Gasteiger partial charge on any atom is -0.444 e. The van der Waals surface area contributed by atoms with Crippen LogP contribution in [-0.2, 0) is 4.79 Å². The number of hydrogen-bond donors (Lipinski definition) is 2. The molecule has 2 atom stereocenters. The molecule has 3 aromatic rings. The van der Waals surface area contributed by atoms with E-state index in [4.69, 9.17) is 4.42 Å². The lowest BCUT2D eigenvalue weighted by molar-refractivity contribution is -0.122. The second kappa shape index (κ2) is 8.72. The first-order chi connectivity index (χ1) is 15.2. The summed E-state index contributed by atoms with van der Waals surface area (Å²) in [6, 6.07) is 8.72. The first-order valence-corrected chi connectivity index (χ1v) is 11.1. The van der Waals surface area contributed by atoms with Crippen molar-refractivity contribution in [2.24, 2.45) is 5.92 Å². The normalized spacial score (nSPS) is 23.1. The summed E-state index contributed by atoms with van der Waals surface area (Å²) in [5.74, 6) is 1.22. The number of hydrogen-bond acceptors (Lipinski definition) is 7. The van der Waals surface area contributed by atoms with Crippen molar-refractivity contribution in [2.75, 3.05) is 25.0 Å². The van der Waals surface area contributed by atoms with Crippen molar-refractivity contribution < 1.29 is 9.21 Å². The summed E-state index contributed by atoms with van der Waals surface area (Å²) < 4.78 is 5.38. The monoisotopic (exact) mass is 420 g/mol. The first kappa shape index (κ1) is 20.1. The zero-order valence-corrected chi connectivity index (χ0v) is 17.8. The van der Waals surface area contributed by atoms with Crippen LogP contribution in [0, 0.1) is 5.92 Å². The summed E-state index contributed by atoms with van der Waals surface area (Å²) in [5, 5.41) is 15.8. The van der Waals surface area contributed by atoms with Gasteiger partial charge in [0, 0.05) is 29.0 Å². The Labute approximate surface area is 181 Å². The van der Waals surface area contributed by atoms with E-state index in [9.17, 15) is 4.79 Å². The van der Waals surface area contributed by atoms with Gasteiger partial charge in [-0.15, -0.1) is 10.2 Å². The van der Waals surface area contributed by atoms with Gasteiger partial charge in [-0.25, -0.2) is 4.98 Å². The number of rotatable bonds is 4. The molecule has 2 aliphatic heterocycles. The first-order valence-electron chi connectivity index (χ1n) is 11.1. The largest absolute Gasteiger partial charge is 0.444 e. The molecule has 2 aromatic heterocycles. The Hall–Kier alpha value is -2.84. The number of fused-ring (bicyclic) bond motifs is 1. The Morgan fingerprint density at radius 3 is 2.84 bits per heavy atom. The number of amides is 1. The highest BCUT2D eigenvalue weighted by molar-refractivity contribution is 5.94. The number of anilines is 1. The predicted molar refractivity (Wildman–Crippen MR) is 118 cm³/mol. The standard InChI is InChI=1S/C23H28N6O2/c1-15-10-17(6-9-29(15)19-4-7-24-8-5-19)23(30)26-22-12-18-11-16(21-13-25-14-31-21)2-3-20(18)27-28-22/h2-3,11-15,17,19,24H,4-10H2,1H3,(H,26,28,30)/t15-,17?/m1/s1.